The van der Waals surface area contributed by atoms with Crippen LogP contribution in [-0.4, -0.2) is 29.6 Å². The summed E-state index contributed by atoms with van der Waals surface area (Å²) in [7, 11) is 1.63. The second-order valence-electron chi connectivity index (χ2n) is 7.27. The Bertz CT molecular complexity index is 1190. The molecule has 164 valence electrons. The van der Waals surface area contributed by atoms with Crippen molar-refractivity contribution in [3.8, 4) is 11.5 Å². The average molecular weight is 448 g/mol. The van der Waals surface area contributed by atoms with Crippen LogP contribution < -0.4 is 14.4 Å². The van der Waals surface area contributed by atoms with E-state index < -0.39 is 0 Å². The van der Waals surface area contributed by atoms with Crippen molar-refractivity contribution in [2.45, 2.75) is 26.3 Å². The number of nitrogens with zero attached hydrogens (tertiary/aromatic N) is 3. The molecule has 0 saturated carbocycles. The number of rotatable bonds is 9. The van der Waals surface area contributed by atoms with Gasteiger partial charge in [-0.15, -0.1) is 0 Å². The van der Waals surface area contributed by atoms with E-state index in [-0.39, 0.29) is 5.91 Å². The first-order chi connectivity index (χ1) is 15.7. The van der Waals surface area contributed by atoms with Crippen molar-refractivity contribution in [3.05, 3.63) is 78.1 Å². The number of amides is 1. The van der Waals surface area contributed by atoms with Crippen LogP contribution >= 0.6 is 11.3 Å². The van der Waals surface area contributed by atoms with Gasteiger partial charge in [0.25, 0.3) is 5.91 Å². The average Bonchev–Trinajstić information content (AvgIpc) is 3.26. The SMILES string of the molecule is CCCCOc1cccc(C(=O)N(Cc2ccccn2)c2nc3ccc(OC)cc3s2)c1. The Morgan fingerprint density at radius 2 is 1.97 bits per heavy atom. The molecule has 2 aromatic carbocycles. The fourth-order valence-electron chi connectivity index (χ4n) is 3.22. The molecule has 2 aromatic heterocycles. The van der Waals surface area contributed by atoms with E-state index in [1.54, 1.807) is 30.3 Å². The van der Waals surface area contributed by atoms with Crippen LogP contribution in [0.4, 0.5) is 5.13 Å². The summed E-state index contributed by atoms with van der Waals surface area (Å²) in [6.07, 6.45) is 3.75. The number of carbonyl (C=O) groups is 1. The standard InChI is InChI=1S/C25H25N3O3S/c1-3-4-14-31-21-10-7-8-18(15-21)24(29)28(17-19-9-5-6-13-26-19)25-27-22-12-11-20(30-2)16-23(22)32-25/h5-13,15-16H,3-4,14,17H2,1-2H3. The van der Waals surface area contributed by atoms with Gasteiger partial charge in [0.15, 0.2) is 5.13 Å². The monoisotopic (exact) mass is 447 g/mol. The minimum Gasteiger partial charge on any atom is -0.497 e. The molecule has 1 amide bonds. The summed E-state index contributed by atoms with van der Waals surface area (Å²) in [6, 6.07) is 18.7. The van der Waals surface area contributed by atoms with Crippen LogP contribution in [0, 0.1) is 0 Å². The number of unbranched alkanes of at least 4 members (excludes halogenated alkanes) is 1. The van der Waals surface area contributed by atoms with Gasteiger partial charge < -0.3 is 9.47 Å². The lowest BCUT2D eigenvalue weighted by atomic mass is 10.2. The van der Waals surface area contributed by atoms with Crippen LogP contribution in [0.2, 0.25) is 0 Å². The molecule has 6 nitrogen and oxygen atoms in total. The van der Waals surface area contributed by atoms with Gasteiger partial charge in [-0.2, -0.15) is 0 Å². The Kier molecular flexibility index (Phi) is 6.97. The first-order valence-corrected chi connectivity index (χ1v) is 11.4. The molecule has 0 aliphatic carbocycles. The lowest BCUT2D eigenvalue weighted by Crippen LogP contribution is -2.30. The van der Waals surface area contributed by atoms with Gasteiger partial charge >= 0.3 is 0 Å². The van der Waals surface area contributed by atoms with Crippen LogP contribution in [0.25, 0.3) is 10.2 Å². The van der Waals surface area contributed by atoms with E-state index in [2.05, 4.69) is 11.9 Å². The van der Waals surface area contributed by atoms with E-state index in [1.807, 2.05) is 48.5 Å². The quantitative estimate of drug-likeness (QED) is 0.307. The molecular weight excluding hydrogens is 422 g/mol. The van der Waals surface area contributed by atoms with Crippen molar-refractivity contribution in [2.75, 3.05) is 18.6 Å². The molecule has 0 fully saturated rings. The first kappa shape index (κ1) is 21.8. The molecule has 0 unspecified atom stereocenters. The van der Waals surface area contributed by atoms with E-state index in [9.17, 15) is 4.79 Å². The van der Waals surface area contributed by atoms with Crippen molar-refractivity contribution < 1.29 is 14.3 Å². The van der Waals surface area contributed by atoms with Crippen molar-refractivity contribution in [1.82, 2.24) is 9.97 Å². The molecule has 0 aliphatic rings. The van der Waals surface area contributed by atoms with Crippen molar-refractivity contribution in [3.63, 3.8) is 0 Å². The molecule has 0 radical (unpaired) electrons. The number of hydrogen-bond donors (Lipinski definition) is 0. The van der Waals surface area contributed by atoms with Gasteiger partial charge in [-0.05, 0) is 55.0 Å². The van der Waals surface area contributed by atoms with E-state index in [0.29, 0.717) is 29.6 Å². The number of thiazole rings is 1. The van der Waals surface area contributed by atoms with Crippen LogP contribution in [0.15, 0.2) is 66.9 Å². The molecule has 7 heteroatoms. The number of aromatic nitrogens is 2. The van der Waals surface area contributed by atoms with Crippen LogP contribution in [0.1, 0.15) is 35.8 Å². The van der Waals surface area contributed by atoms with E-state index >= 15 is 0 Å². The zero-order chi connectivity index (χ0) is 22.3. The third-order valence-electron chi connectivity index (χ3n) is 4.95. The van der Waals surface area contributed by atoms with E-state index in [4.69, 9.17) is 14.5 Å². The van der Waals surface area contributed by atoms with Gasteiger partial charge in [0, 0.05) is 11.8 Å². The van der Waals surface area contributed by atoms with Crippen molar-refractivity contribution in [2.24, 2.45) is 0 Å². The maximum absolute atomic E-state index is 13.6. The summed E-state index contributed by atoms with van der Waals surface area (Å²) in [5, 5.41) is 0.612. The number of hydrogen-bond acceptors (Lipinski definition) is 6. The fourth-order valence-corrected chi connectivity index (χ4v) is 4.22. The third kappa shape index (κ3) is 5.06. The Balaban J connectivity index is 1.68. The Labute approximate surface area is 191 Å². The van der Waals surface area contributed by atoms with Gasteiger partial charge in [0.05, 0.1) is 36.2 Å². The third-order valence-corrected chi connectivity index (χ3v) is 6.00. The summed E-state index contributed by atoms with van der Waals surface area (Å²) in [5.41, 5.74) is 2.15. The highest BCUT2D eigenvalue weighted by atomic mass is 32.1. The minimum absolute atomic E-state index is 0.150. The molecule has 2 heterocycles. The summed E-state index contributed by atoms with van der Waals surface area (Å²) in [4.78, 5) is 24.4. The van der Waals surface area contributed by atoms with Crippen molar-refractivity contribution >= 4 is 32.6 Å². The van der Waals surface area contributed by atoms with Crippen molar-refractivity contribution in [1.29, 1.82) is 0 Å². The summed E-state index contributed by atoms with van der Waals surface area (Å²) < 4.78 is 12.1. The zero-order valence-corrected chi connectivity index (χ0v) is 19.0. The fraction of sp³-hybridized carbons (Fsp3) is 0.240. The van der Waals surface area contributed by atoms with Gasteiger partial charge in [0.1, 0.15) is 11.5 Å². The topological polar surface area (TPSA) is 64.5 Å². The highest BCUT2D eigenvalue weighted by Crippen LogP contribution is 2.33. The van der Waals surface area contributed by atoms with Gasteiger partial charge in [-0.1, -0.05) is 36.8 Å². The second-order valence-corrected chi connectivity index (χ2v) is 8.28. The van der Waals surface area contributed by atoms with Crippen LogP contribution in [-0.2, 0) is 6.54 Å². The molecule has 4 rings (SSSR count). The number of carbonyl (C=O) groups excluding carboxylic acids is 1. The summed E-state index contributed by atoms with van der Waals surface area (Å²) >= 11 is 1.45. The molecule has 0 spiro atoms. The lowest BCUT2D eigenvalue weighted by Gasteiger charge is -2.20. The van der Waals surface area contributed by atoms with Crippen LogP contribution in [0.5, 0.6) is 11.5 Å². The molecule has 0 saturated heterocycles. The molecular formula is C25H25N3O3S. The highest BCUT2D eigenvalue weighted by Gasteiger charge is 2.23. The Morgan fingerprint density at radius 1 is 1.06 bits per heavy atom. The predicted molar refractivity (Wildman–Crippen MR) is 128 cm³/mol. The summed E-state index contributed by atoms with van der Waals surface area (Å²) in [5.74, 6) is 1.30. The maximum atomic E-state index is 13.6. The molecule has 32 heavy (non-hydrogen) atoms. The van der Waals surface area contributed by atoms with Gasteiger partial charge in [-0.25, -0.2) is 4.98 Å². The van der Waals surface area contributed by atoms with Crippen LogP contribution in [0.3, 0.4) is 0 Å². The molecule has 0 bridgehead atoms. The highest BCUT2D eigenvalue weighted by molar-refractivity contribution is 7.22. The zero-order valence-electron chi connectivity index (χ0n) is 18.2. The first-order valence-electron chi connectivity index (χ1n) is 10.6. The normalized spacial score (nSPS) is 10.8. The predicted octanol–water partition coefficient (Wildman–Crippen LogP) is 5.73. The number of fused-ring (bicyclic) bond motifs is 1. The number of anilines is 1. The second kappa shape index (κ2) is 10.2. The number of ether oxygens (including phenoxy) is 2. The van der Waals surface area contributed by atoms with Gasteiger partial charge in [0.2, 0.25) is 0 Å². The van der Waals surface area contributed by atoms with Gasteiger partial charge in [-0.3, -0.25) is 14.7 Å². The molecule has 0 atom stereocenters. The Hall–Kier alpha value is -3.45. The number of benzene rings is 2. The number of methoxy groups -OCH3 is 1. The van der Waals surface area contributed by atoms with E-state index in [0.717, 1.165) is 34.5 Å². The number of pyridine rings is 1. The molecule has 0 N–H and O–H groups in total. The molecule has 0 aliphatic heterocycles. The summed E-state index contributed by atoms with van der Waals surface area (Å²) in [6.45, 7) is 3.06. The largest absolute Gasteiger partial charge is 0.497 e. The lowest BCUT2D eigenvalue weighted by molar-refractivity contribution is 0.0984. The smallest absolute Gasteiger partial charge is 0.260 e. The Morgan fingerprint density at radius 3 is 2.75 bits per heavy atom. The molecule has 4 aromatic rings. The van der Waals surface area contributed by atoms with E-state index in [1.165, 1.54) is 11.3 Å². The minimum atomic E-state index is -0.150. The maximum Gasteiger partial charge on any atom is 0.260 e.